The predicted molar refractivity (Wildman–Crippen MR) is 141 cm³/mol. The van der Waals surface area contributed by atoms with Crippen LogP contribution in [0.5, 0.6) is 5.88 Å². The van der Waals surface area contributed by atoms with Crippen LogP contribution in [0.2, 0.25) is 0 Å². The van der Waals surface area contributed by atoms with E-state index in [9.17, 15) is 14.3 Å². The number of benzene rings is 1. The number of carbonyl (C=O) groups excluding carboxylic acids is 1. The van der Waals surface area contributed by atoms with Crippen LogP contribution in [-0.4, -0.2) is 70.1 Å². The number of likely N-dealkylation sites (tertiary alicyclic amines) is 1. The molecule has 12 heteroatoms. The van der Waals surface area contributed by atoms with Gasteiger partial charge in [0.25, 0.3) is 5.91 Å². The normalized spacial score (nSPS) is 19.5. The van der Waals surface area contributed by atoms with Crippen molar-refractivity contribution in [2.45, 2.75) is 25.8 Å². The first-order valence-corrected chi connectivity index (χ1v) is 12.7. The Labute approximate surface area is 224 Å². The van der Waals surface area contributed by atoms with Crippen LogP contribution in [-0.2, 0) is 16.1 Å². The van der Waals surface area contributed by atoms with Crippen molar-refractivity contribution in [3.8, 4) is 17.1 Å². The van der Waals surface area contributed by atoms with Gasteiger partial charge in [-0.3, -0.25) is 4.79 Å². The second-order valence-corrected chi connectivity index (χ2v) is 9.58. The standard InChI is InChI=1S/C27H30FN7O4/c1-15-25-22(33-27(29)30-15)11-21(32-26(25)34-39-14-24(37)35-9-8-16(12-35)13-36)18-7-6-17(28)10-19(18)20-4-3-5-23(31-20)38-2/h3-7,10,16,21,36H,8-9,11-14H2,1-2H3,(H,32,34)(H2,29,30,33). The molecule has 0 saturated carbocycles. The van der Waals surface area contributed by atoms with Crippen molar-refractivity contribution in [3.63, 3.8) is 0 Å². The number of amides is 1. The van der Waals surface area contributed by atoms with E-state index in [0.717, 1.165) is 12.0 Å². The van der Waals surface area contributed by atoms with E-state index < -0.39 is 11.9 Å². The number of oxime groups is 1. The summed E-state index contributed by atoms with van der Waals surface area (Å²) >= 11 is 0. The molecule has 204 valence electrons. The molecule has 1 fully saturated rings. The Morgan fingerprint density at radius 2 is 2.13 bits per heavy atom. The maximum absolute atomic E-state index is 14.4. The average molecular weight is 536 g/mol. The molecule has 0 radical (unpaired) electrons. The first-order chi connectivity index (χ1) is 18.9. The van der Waals surface area contributed by atoms with E-state index in [-0.39, 0.29) is 31.0 Å². The molecule has 1 aromatic carbocycles. The number of aryl methyl sites for hydroxylation is 1. The number of halogens is 1. The molecule has 11 nitrogen and oxygen atoms in total. The van der Waals surface area contributed by atoms with Crippen LogP contribution in [0.25, 0.3) is 11.3 Å². The molecule has 3 aromatic rings. The Hall–Kier alpha value is -4.32. The number of aliphatic hydroxyl groups is 1. The van der Waals surface area contributed by atoms with Crippen LogP contribution in [0.3, 0.4) is 0 Å². The molecule has 0 bridgehead atoms. The lowest BCUT2D eigenvalue weighted by Crippen LogP contribution is -2.38. The summed E-state index contributed by atoms with van der Waals surface area (Å²) in [6, 6.07) is 9.40. The first kappa shape index (κ1) is 26.3. The van der Waals surface area contributed by atoms with Gasteiger partial charge in [0.2, 0.25) is 11.8 Å². The van der Waals surface area contributed by atoms with Gasteiger partial charge in [0.1, 0.15) is 5.82 Å². The summed E-state index contributed by atoms with van der Waals surface area (Å²) in [6.07, 6.45) is 1.17. The maximum Gasteiger partial charge on any atom is 0.263 e. The SMILES string of the molecule is COc1cccc(-c2cc(F)ccc2C2Cc3nc(N)nc(C)c3C(=NOCC(=O)N3CCC(CO)C3)N2)n1. The summed E-state index contributed by atoms with van der Waals surface area (Å²) < 4.78 is 19.7. The highest BCUT2D eigenvalue weighted by molar-refractivity contribution is 6.01. The van der Waals surface area contributed by atoms with E-state index in [0.29, 0.717) is 59.4 Å². The third-order valence-corrected chi connectivity index (χ3v) is 6.97. The topological polar surface area (TPSA) is 148 Å². The molecule has 2 aliphatic rings. The Balaban J connectivity index is 1.46. The van der Waals surface area contributed by atoms with Crippen molar-refractivity contribution in [2.75, 3.05) is 39.1 Å². The van der Waals surface area contributed by atoms with Gasteiger partial charge >= 0.3 is 0 Å². The fourth-order valence-corrected chi connectivity index (χ4v) is 5.04. The van der Waals surface area contributed by atoms with Gasteiger partial charge in [-0.15, -0.1) is 0 Å². The number of rotatable bonds is 7. The number of aliphatic hydroxyl groups excluding tert-OH is 1. The molecule has 39 heavy (non-hydrogen) atoms. The minimum Gasteiger partial charge on any atom is -0.481 e. The van der Waals surface area contributed by atoms with Crippen molar-refractivity contribution in [1.82, 2.24) is 25.2 Å². The van der Waals surface area contributed by atoms with E-state index in [2.05, 4.69) is 25.4 Å². The Bertz CT molecular complexity index is 1420. The van der Waals surface area contributed by atoms with Crippen molar-refractivity contribution >= 4 is 17.7 Å². The van der Waals surface area contributed by atoms with E-state index in [1.54, 1.807) is 36.1 Å². The second kappa shape index (κ2) is 11.2. The molecule has 4 heterocycles. The van der Waals surface area contributed by atoms with Crippen molar-refractivity contribution in [1.29, 1.82) is 0 Å². The minimum atomic E-state index is -0.405. The van der Waals surface area contributed by atoms with Crippen molar-refractivity contribution in [2.24, 2.45) is 11.1 Å². The highest BCUT2D eigenvalue weighted by Crippen LogP contribution is 2.34. The zero-order chi connectivity index (χ0) is 27.5. The number of hydrogen-bond donors (Lipinski definition) is 3. The highest BCUT2D eigenvalue weighted by Gasteiger charge is 2.31. The van der Waals surface area contributed by atoms with Crippen molar-refractivity contribution < 1.29 is 23.9 Å². The summed E-state index contributed by atoms with van der Waals surface area (Å²) in [5, 5.41) is 17.0. The van der Waals surface area contributed by atoms with Crippen LogP contribution in [0.15, 0.2) is 41.6 Å². The number of carbonyl (C=O) groups is 1. The van der Waals surface area contributed by atoms with E-state index >= 15 is 0 Å². The minimum absolute atomic E-state index is 0.0497. The number of pyridine rings is 1. The maximum atomic E-state index is 14.4. The number of nitrogens with two attached hydrogens (primary N) is 1. The number of nitrogens with one attached hydrogen (secondary N) is 1. The first-order valence-electron chi connectivity index (χ1n) is 12.7. The number of aromatic nitrogens is 3. The average Bonchev–Trinajstić information content (AvgIpc) is 3.42. The number of hydrogen-bond acceptors (Lipinski definition) is 9. The second-order valence-electron chi connectivity index (χ2n) is 9.58. The van der Waals surface area contributed by atoms with Gasteiger partial charge in [-0.05, 0) is 37.1 Å². The molecule has 2 aliphatic heterocycles. The van der Waals surface area contributed by atoms with E-state index in [1.165, 1.54) is 19.2 Å². The molecule has 2 unspecified atom stereocenters. The van der Waals surface area contributed by atoms with Crippen LogP contribution < -0.4 is 15.8 Å². The quantitative estimate of drug-likeness (QED) is 0.386. The monoisotopic (exact) mass is 535 g/mol. The molecule has 0 spiro atoms. The zero-order valence-corrected chi connectivity index (χ0v) is 21.7. The fraction of sp³-hybridized carbons (Fsp3) is 0.370. The van der Waals surface area contributed by atoms with Crippen LogP contribution in [0.4, 0.5) is 10.3 Å². The Kier molecular flexibility index (Phi) is 7.55. The number of ether oxygens (including phenoxy) is 1. The van der Waals surface area contributed by atoms with E-state index in [1.807, 2.05) is 0 Å². The molecular formula is C27H30FN7O4. The number of nitrogens with zero attached hydrogens (tertiary/aromatic N) is 5. The van der Waals surface area contributed by atoms with Crippen LogP contribution in [0.1, 0.15) is 35.0 Å². The van der Waals surface area contributed by atoms with Gasteiger partial charge in [0, 0.05) is 43.7 Å². The predicted octanol–water partition coefficient (Wildman–Crippen LogP) is 1.98. The van der Waals surface area contributed by atoms with Gasteiger partial charge < -0.3 is 30.6 Å². The van der Waals surface area contributed by atoms with Crippen LogP contribution in [0, 0.1) is 18.7 Å². The molecule has 1 saturated heterocycles. The van der Waals surface area contributed by atoms with Gasteiger partial charge in [-0.1, -0.05) is 17.3 Å². The lowest BCUT2D eigenvalue weighted by molar-refractivity contribution is -0.135. The van der Waals surface area contributed by atoms with Gasteiger partial charge in [-0.25, -0.2) is 19.3 Å². The number of amidine groups is 1. The molecule has 5 rings (SSSR count). The lowest BCUT2D eigenvalue weighted by Gasteiger charge is -2.29. The number of anilines is 1. The summed E-state index contributed by atoms with van der Waals surface area (Å²) in [6.45, 7) is 2.66. The van der Waals surface area contributed by atoms with E-state index in [4.69, 9.17) is 15.3 Å². The molecule has 2 atom stereocenters. The van der Waals surface area contributed by atoms with Crippen LogP contribution >= 0.6 is 0 Å². The molecular weight excluding hydrogens is 505 g/mol. The third-order valence-electron chi connectivity index (χ3n) is 6.97. The molecule has 0 aliphatic carbocycles. The summed E-state index contributed by atoms with van der Waals surface area (Å²) in [4.78, 5) is 33.0. The molecule has 4 N–H and O–H groups in total. The summed E-state index contributed by atoms with van der Waals surface area (Å²) in [5.41, 5.74) is 9.74. The highest BCUT2D eigenvalue weighted by atomic mass is 19.1. The smallest absolute Gasteiger partial charge is 0.263 e. The van der Waals surface area contributed by atoms with Crippen molar-refractivity contribution in [3.05, 3.63) is 64.7 Å². The summed E-state index contributed by atoms with van der Waals surface area (Å²) in [7, 11) is 1.52. The van der Waals surface area contributed by atoms with Gasteiger partial charge in [0.15, 0.2) is 12.4 Å². The molecule has 1 amide bonds. The zero-order valence-electron chi connectivity index (χ0n) is 21.7. The largest absolute Gasteiger partial charge is 0.481 e. The molecule has 2 aromatic heterocycles. The fourth-order valence-electron chi connectivity index (χ4n) is 5.04. The Morgan fingerprint density at radius 1 is 1.28 bits per heavy atom. The number of nitrogen functional groups attached to an aromatic ring is 1. The van der Waals surface area contributed by atoms with Gasteiger partial charge in [-0.2, -0.15) is 0 Å². The Morgan fingerprint density at radius 3 is 2.90 bits per heavy atom. The number of methoxy groups -OCH3 is 1. The summed E-state index contributed by atoms with van der Waals surface area (Å²) in [5.74, 6) is 0.349. The lowest BCUT2D eigenvalue weighted by atomic mass is 9.90. The number of fused-ring (bicyclic) bond motifs is 1. The third kappa shape index (κ3) is 5.60. The van der Waals surface area contributed by atoms with Gasteiger partial charge in [0.05, 0.1) is 35.8 Å².